The molecule has 1 aromatic heterocycles. The number of ether oxygens (including phenoxy) is 2. The number of aromatic nitrogens is 2. The van der Waals surface area contributed by atoms with E-state index in [1.54, 1.807) is 0 Å². The minimum atomic E-state index is -0.872. The van der Waals surface area contributed by atoms with Crippen molar-refractivity contribution in [2.24, 2.45) is 0 Å². The Morgan fingerprint density at radius 3 is 2.04 bits per heavy atom. The summed E-state index contributed by atoms with van der Waals surface area (Å²) in [5, 5.41) is 0.0382. The van der Waals surface area contributed by atoms with E-state index in [-0.39, 0.29) is 22.3 Å². The normalized spacial score (nSPS) is 10.5. The van der Waals surface area contributed by atoms with Gasteiger partial charge in [-0.05, 0) is 18.2 Å². The number of halogens is 1. The number of hydrogen-bond donors (Lipinski definition) is 0. The van der Waals surface area contributed by atoms with Crippen LogP contribution in [0.3, 0.4) is 0 Å². The second-order valence-corrected chi connectivity index (χ2v) is 5.88. The van der Waals surface area contributed by atoms with Crippen LogP contribution in [0, 0.1) is 0 Å². The number of carbonyl (C=O) groups is 3. The lowest BCUT2D eigenvalue weighted by molar-refractivity contribution is 0.0905. The molecule has 1 aromatic carbocycles. The highest BCUT2D eigenvalue weighted by molar-refractivity contribution is 9.08. The summed E-state index contributed by atoms with van der Waals surface area (Å²) in [5.41, 5.74) is -0.747. The van der Waals surface area contributed by atoms with E-state index >= 15 is 0 Å². The first-order chi connectivity index (χ1) is 12.3. The van der Waals surface area contributed by atoms with E-state index in [2.05, 4.69) is 15.9 Å². The SMILES string of the molecule is COc1ccc(C(=O)c2c(CBr)n(C(C)=O)c(=O)n2C(C)=O)cc1OC. The average molecular weight is 425 g/mol. The number of alkyl halides is 1. The maximum atomic E-state index is 13.1. The van der Waals surface area contributed by atoms with E-state index in [9.17, 15) is 19.2 Å². The van der Waals surface area contributed by atoms with Crippen molar-refractivity contribution in [2.75, 3.05) is 14.2 Å². The zero-order chi connectivity index (χ0) is 19.6. The molecule has 0 fully saturated rings. The molecule has 0 unspecified atom stereocenters. The predicted molar refractivity (Wildman–Crippen MR) is 96.9 cm³/mol. The second kappa shape index (κ2) is 7.69. The van der Waals surface area contributed by atoms with Crippen molar-refractivity contribution in [3.05, 3.63) is 45.6 Å². The molecular weight excluding hydrogens is 408 g/mol. The molecule has 138 valence electrons. The van der Waals surface area contributed by atoms with E-state index in [4.69, 9.17) is 9.47 Å². The minimum absolute atomic E-state index is 0.0382. The molecule has 0 saturated carbocycles. The molecule has 2 aromatic rings. The number of rotatable bonds is 5. The van der Waals surface area contributed by atoms with Gasteiger partial charge in [0.1, 0.15) is 5.69 Å². The van der Waals surface area contributed by atoms with Crippen LogP contribution in [0.25, 0.3) is 0 Å². The van der Waals surface area contributed by atoms with Gasteiger partial charge in [-0.3, -0.25) is 14.4 Å². The molecular formula is C17H17BrN2O6. The Kier molecular flexibility index (Phi) is 5.81. The zero-order valence-electron chi connectivity index (χ0n) is 14.7. The van der Waals surface area contributed by atoms with Gasteiger partial charge in [0.05, 0.1) is 19.9 Å². The monoisotopic (exact) mass is 424 g/mol. The van der Waals surface area contributed by atoms with Gasteiger partial charge in [0.15, 0.2) is 11.5 Å². The van der Waals surface area contributed by atoms with Crippen molar-refractivity contribution in [1.82, 2.24) is 9.13 Å². The van der Waals surface area contributed by atoms with Crippen molar-refractivity contribution < 1.29 is 23.9 Å². The smallest absolute Gasteiger partial charge is 0.342 e. The van der Waals surface area contributed by atoms with Crippen LogP contribution in [0.2, 0.25) is 0 Å². The lowest BCUT2D eigenvalue weighted by Gasteiger charge is -2.10. The molecule has 0 saturated heterocycles. The first kappa shape index (κ1) is 19.6. The fourth-order valence-electron chi connectivity index (χ4n) is 2.63. The van der Waals surface area contributed by atoms with Gasteiger partial charge in [-0.25, -0.2) is 13.9 Å². The standard InChI is InChI=1S/C17H17BrN2O6/c1-9(21)19-12(8-18)15(20(10(2)22)17(19)24)16(23)11-5-6-13(25-3)14(7-11)26-4/h5-7H,8H2,1-4H3. The number of nitrogens with zero attached hydrogens (tertiary/aromatic N) is 2. The van der Waals surface area contributed by atoms with Crippen LogP contribution in [0.1, 0.15) is 45.2 Å². The first-order valence-corrected chi connectivity index (χ1v) is 8.61. The van der Waals surface area contributed by atoms with E-state index < -0.39 is 23.3 Å². The van der Waals surface area contributed by atoms with Crippen molar-refractivity contribution in [3.63, 3.8) is 0 Å². The van der Waals surface area contributed by atoms with E-state index in [1.165, 1.54) is 39.3 Å². The van der Waals surface area contributed by atoms with Crippen molar-refractivity contribution in [3.8, 4) is 11.5 Å². The number of carbonyl (C=O) groups excluding carboxylic acids is 3. The molecule has 1 heterocycles. The van der Waals surface area contributed by atoms with Gasteiger partial charge in [0.25, 0.3) is 0 Å². The molecule has 0 radical (unpaired) electrons. The molecule has 9 heteroatoms. The molecule has 0 atom stereocenters. The third kappa shape index (κ3) is 3.22. The Hall–Kier alpha value is -2.68. The van der Waals surface area contributed by atoms with Crippen LogP contribution < -0.4 is 15.2 Å². The predicted octanol–water partition coefficient (Wildman–Crippen LogP) is 2.11. The van der Waals surface area contributed by atoms with Crippen molar-refractivity contribution >= 4 is 33.5 Å². The summed E-state index contributed by atoms with van der Waals surface area (Å²) in [6.45, 7) is 2.33. The number of benzene rings is 1. The number of methoxy groups -OCH3 is 2. The van der Waals surface area contributed by atoms with Gasteiger partial charge >= 0.3 is 5.69 Å². The van der Waals surface area contributed by atoms with E-state index in [1.807, 2.05) is 0 Å². The van der Waals surface area contributed by atoms with Crippen molar-refractivity contribution in [2.45, 2.75) is 19.2 Å². The molecule has 0 aliphatic carbocycles. The molecule has 26 heavy (non-hydrogen) atoms. The highest BCUT2D eigenvalue weighted by Crippen LogP contribution is 2.29. The average Bonchev–Trinajstić information content (AvgIpc) is 2.92. The zero-order valence-corrected chi connectivity index (χ0v) is 16.2. The highest BCUT2D eigenvalue weighted by Gasteiger charge is 2.29. The van der Waals surface area contributed by atoms with Gasteiger partial charge in [0.2, 0.25) is 17.6 Å². The Labute approximate surface area is 157 Å². The summed E-state index contributed by atoms with van der Waals surface area (Å²) in [7, 11) is 2.89. The molecule has 0 spiro atoms. The summed E-state index contributed by atoms with van der Waals surface area (Å²) >= 11 is 3.18. The maximum Gasteiger partial charge on any atom is 0.342 e. The Balaban J connectivity index is 2.77. The first-order valence-electron chi connectivity index (χ1n) is 7.49. The molecule has 0 amide bonds. The molecule has 0 aliphatic heterocycles. The molecule has 0 aliphatic rings. The molecule has 0 N–H and O–H groups in total. The van der Waals surface area contributed by atoms with E-state index in [0.29, 0.717) is 16.1 Å². The third-order valence-electron chi connectivity index (χ3n) is 3.77. The summed E-state index contributed by atoms with van der Waals surface area (Å²) in [6, 6.07) is 4.47. The van der Waals surface area contributed by atoms with Gasteiger partial charge < -0.3 is 9.47 Å². The van der Waals surface area contributed by atoms with Crippen LogP contribution in [0.4, 0.5) is 0 Å². The lowest BCUT2D eigenvalue weighted by atomic mass is 10.1. The topological polar surface area (TPSA) is 96.6 Å². The van der Waals surface area contributed by atoms with Crippen LogP contribution >= 0.6 is 15.9 Å². The van der Waals surface area contributed by atoms with Gasteiger partial charge in [-0.1, -0.05) is 15.9 Å². The molecule has 8 nitrogen and oxygen atoms in total. The van der Waals surface area contributed by atoms with Gasteiger partial charge in [-0.15, -0.1) is 0 Å². The lowest BCUT2D eigenvalue weighted by Crippen LogP contribution is -2.31. The fourth-order valence-corrected chi connectivity index (χ4v) is 3.15. The van der Waals surface area contributed by atoms with Crippen LogP contribution in [0.5, 0.6) is 11.5 Å². The largest absolute Gasteiger partial charge is 0.493 e. The Morgan fingerprint density at radius 1 is 1.00 bits per heavy atom. The van der Waals surface area contributed by atoms with Gasteiger partial charge in [-0.2, -0.15) is 0 Å². The van der Waals surface area contributed by atoms with Crippen LogP contribution in [-0.2, 0) is 5.33 Å². The summed E-state index contributed by atoms with van der Waals surface area (Å²) in [5.74, 6) is -1.10. The van der Waals surface area contributed by atoms with Crippen LogP contribution in [-0.4, -0.2) is 41.0 Å². The van der Waals surface area contributed by atoms with E-state index in [0.717, 1.165) is 11.5 Å². The third-order valence-corrected chi connectivity index (χ3v) is 4.30. The Morgan fingerprint density at radius 2 is 1.58 bits per heavy atom. The summed E-state index contributed by atoms with van der Waals surface area (Å²) in [4.78, 5) is 49.4. The second-order valence-electron chi connectivity index (χ2n) is 5.32. The fraction of sp³-hybridized carbons (Fsp3) is 0.294. The van der Waals surface area contributed by atoms with Crippen LogP contribution in [0.15, 0.2) is 23.0 Å². The summed E-state index contributed by atoms with van der Waals surface area (Å²) in [6.07, 6.45) is 0. The maximum absolute atomic E-state index is 13.1. The van der Waals surface area contributed by atoms with Gasteiger partial charge in [0, 0.05) is 24.7 Å². The Bertz CT molecular complexity index is 957. The highest BCUT2D eigenvalue weighted by atomic mass is 79.9. The molecule has 2 rings (SSSR count). The minimum Gasteiger partial charge on any atom is -0.493 e. The molecule has 0 bridgehead atoms. The quantitative estimate of drug-likeness (QED) is 0.538. The number of hydrogen-bond acceptors (Lipinski definition) is 6. The van der Waals surface area contributed by atoms with Crippen molar-refractivity contribution in [1.29, 1.82) is 0 Å². The summed E-state index contributed by atoms with van der Waals surface area (Å²) < 4.78 is 11.8. The number of ketones is 1. The number of imidazole rings is 1.